The highest BCUT2D eigenvalue weighted by atomic mass is 14.2. The van der Waals surface area contributed by atoms with Gasteiger partial charge in [0.25, 0.3) is 0 Å². The molecular weight excluding hydrogens is 384 g/mol. The van der Waals surface area contributed by atoms with Crippen LogP contribution in [0.3, 0.4) is 0 Å². The third-order valence-corrected chi connectivity index (χ3v) is 7.03. The van der Waals surface area contributed by atoms with Gasteiger partial charge in [0.1, 0.15) is 0 Å². The van der Waals surface area contributed by atoms with Gasteiger partial charge in [0.2, 0.25) is 0 Å². The molecule has 32 heavy (non-hydrogen) atoms. The number of hydrogen-bond donors (Lipinski definition) is 0. The lowest BCUT2D eigenvalue weighted by atomic mass is 9.86. The average molecular weight is 411 g/mol. The number of hydrogen-bond acceptors (Lipinski definition) is 0. The second kappa shape index (κ2) is 7.21. The van der Waals surface area contributed by atoms with Gasteiger partial charge in [-0.1, -0.05) is 103 Å². The molecule has 0 nitrogen and oxygen atoms in total. The van der Waals surface area contributed by atoms with Crippen LogP contribution in [0.4, 0.5) is 0 Å². The second-order valence-corrected chi connectivity index (χ2v) is 9.01. The lowest BCUT2D eigenvalue weighted by Gasteiger charge is -2.17. The first kappa shape index (κ1) is 19.1. The van der Waals surface area contributed by atoms with E-state index in [1.807, 2.05) is 0 Å². The van der Waals surface area contributed by atoms with Crippen molar-refractivity contribution < 1.29 is 0 Å². The summed E-state index contributed by atoms with van der Waals surface area (Å²) in [6.45, 7) is 6.61. The summed E-state index contributed by atoms with van der Waals surface area (Å²) >= 11 is 0. The van der Waals surface area contributed by atoms with Crippen LogP contribution in [0.25, 0.3) is 54.6 Å². The molecule has 0 saturated heterocycles. The van der Waals surface area contributed by atoms with Crippen molar-refractivity contribution in [2.75, 3.05) is 0 Å². The Bertz CT molecular complexity index is 1620. The summed E-state index contributed by atoms with van der Waals surface area (Å²) in [6, 6.07) is 34.1. The van der Waals surface area contributed by atoms with Crippen LogP contribution < -0.4 is 0 Å². The summed E-state index contributed by atoms with van der Waals surface area (Å²) in [5.41, 5.74) is 9.32. The van der Waals surface area contributed by atoms with E-state index in [1.165, 1.54) is 71.3 Å². The average Bonchev–Trinajstić information content (AvgIpc) is 2.82. The minimum Gasteiger partial charge on any atom is -0.0614 e. The van der Waals surface area contributed by atoms with Crippen molar-refractivity contribution in [3.05, 3.63) is 108 Å². The first-order valence-corrected chi connectivity index (χ1v) is 11.5. The van der Waals surface area contributed by atoms with Gasteiger partial charge in [0.05, 0.1) is 0 Å². The van der Waals surface area contributed by atoms with Crippen molar-refractivity contribution in [2.24, 2.45) is 0 Å². The van der Waals surface area contributed by atoms with Crippen LogP contribution >= 0.6 is 0 Å². The van der Waals surface area contributed by atoms with Crippen LogP contribution in [-0.2, 0) is 6.42 Å². The number of rotatable bonds is 3. The third-order valence-electron chi connectivity index (χ3n) is 7.03. The Morgan fingerprint density at radius 1 is 0.562 bits per heavy atom. The molecule has 6 aromatic carbocycles. The van der Waals surface area contributed by atoms with Gasteiger partial charge < -0.3 is 0 Å². The van der Waals surface area contributed by atoms with Crippen molar-refractivity contribution in [1.29, 1.82) is 0 Å². The summed E-state index contributed by atoms with van der Waals surface area (Å²) in [7, 11) is 0. The first-order chi connectivity index (χ1) is 15.6. The molecule has 0 heterocycles. The van der Waals surface area contributed by atoms with Crippen molar-refractivity contribution in [1.82, 2.24) is 0 Å². The molecule has 0 aliphatic heterocycles. The Labute approximate surface area is 189 Å². The van der Waals surface area contributed by atoms with Crippen molar-refractivity contribution in [2.45, 2.75) is 27.2 Å². The Balaban J connectivity index is 1.69. The smallest absolute Gasteiger partial charge is 0.00203 e. The molecule has 0 fully saturated rings. The monoisotopic (exact) mass is 410 g/mol. The third kappa shape index (κ3) is 2.83. The van der Waals surface area contributed by atoms with Crippen molar-refractivity contribution in [3.8, 4) is 22.3 Å². The van der Waals surface area contributed by atoms with E-state index in [2.05, 4.69) is 112 Å². The highest BCUT2D eigenvalue weighted by Gasteiger charge is 2.15. The molecule has 0 spiro atoms. The molecule has 6 rings (SSSR count). The van der Waals surface area contributed by atoms with E-state index in [9.17, 15) is 0 Å². The predicted molar refractivity (Wildman–Crippen MR) is 140 cm³/mol. The minimum atomic E-state index is 1.06. The summed E-state index contributed by atoms with van der Waals surface area (Å²) in [6.07, 6.45) is 1.06. The second-order valence-electron chi connectivity index (χ2n) is 9.01. The maximum Gasteiger partial charge on any atom is -0.00203 e. The molecular formula is C32H26. The van der Waals surface area contributed by atoms with Crippen LogP contribution in [0.1, 0.15) is 23.6 Å². The van der Waals surface area contributed by atoms with Crippen LogP contribution in [0.15, 0.2) is 91.0 Å². The fourth-order valence-electron chi connectivity index (χ4n) is 5.34. The highest BCUT2D eigenvalue weighted by Crippen LogP contribution is 2.42. The van der Waals surface area contributed by atoms with E-state index in [1.54, 1.807) is 0 Å². The predicted octanol–water partition coefficient (Wildman–Crippen LogP) is 9.10. The van der Waals surface area contributed by atoms with E-state index >= 15 is 0 Å². The van der Waals surface area contributed by atoms with Crippen LogP contribution in [0.2, 0.25) is 0 Å². The molecule has 0 aromatic heterocycles. The SMILES string of the molecule is CCc1cc(-c2ccc3ccc4c(-c5cccc(C)c5)ccc5ccc2c3c54)ccc1C. The Hall–Kier alpha value is -3.64. The van der Waals surface area contributed by atoms with Crippen molar-refractivity contribution >= 4 is 32.3 Å². The molecule has 0 atom stereocenters. The van der Waals surface area contributed by atoms with E-state index in [0.29, 0.717) is 0 Å². The Morgan fingerprint density at radius 2 is 1.16 bits per heavy atom. The zero-order valence-corrected chi connectivity index (χ0v) is 18.9. The molecule has 0 aliphatic rings. The molecule has 0 aliphatic carbocycles. The van der Waals surface area contributed by atoms with Crippen LogP contribution in [0.5, 0.6) is 0 Å². The van der Waals surface area contributed by atoms with Crippen molar-refractivity contribution in [3.63, 3.8) is 0 Å². The lowest BCUT2D eigenvalue weighted by Crippen LogP contribution is -1.91. The van der Waals surface area contributed by atoms with Gasteiger partial charge in [-0.3, -0.25) is 0 Å². The molecule has 0 bridgehead atoms. The number of aryl methyl sites for hydroxylation is 3. The lowest BCUT2D eigenvalue weighted by molar-refractivity contribution is 1.11. The van der Waals surface area contributed by atoms with Gasteiger partial charge in [-0.2, -0.15) is 0 Å². The van der Waals surface area contributed by atoms with Crippen LogP contribution in [0, 0.1) is 13.8 Å². The highest BCUT2D eigenvalue weighted by molar-refractivity contribution is 6.27. The van der Waals surface area contributed by atoms with Gasteiger partial charge in [-0.05, 0) is 86.0 Å². The summed E-state index contributed by atoms with van der Waals surface area (Å²) in [4.78, 5) is 0. The summed E-state index contributed by atoms with van der Waals surface area (Å²) in [5.74, 6) is 0. The quantitative estimate of drug-likeness (QED) is 0.255. The largest absolute Gasteiger partial charge is 0.0614 e. The zero-order chi connectivity index (χ0) is 21.8. The Morgan fingerprint density at radius 3 is 1.75 bits per heavy atom. The topological polar surface area (TPSA) is 0 Å². The molecule has 0 amide bonds. The molecule has 0 saturated carbocycles. The summed E-state index contributed by atoms with van der Waals surface area (Å²) < 4.78 is 0. The molecule has 6 aromatic rings. The van der Waals surface area contributed by atoms with Gasteiger partial charge >= 0.3 is 0 Å². The zero-order valence-electron chi connectivity index (χ0n) is 18.9. The Kier molecular flexibility index (Phi) is 4.30. The van der Waals surface area contributed by atoms with Crippen LogP contribution in [-0.4, -0.2) is 0 Å². The molecule has 0 heteroatoms. The summed E-state index contributed by atoms with van der Waals surface area (Å²) in [5, 5.41) is 8.06. The maximum absolute atomic E-state index is 2.37. The fourth-order valence-corrected chi connectivity index (χ4v) is 5.34. The maximum atomic E-state index is 2.37. The molecule has 154 valence electrons. The normalized spacial score (nSPS) is 11.7. The number of benzene rings is 6. The van der Waals surface area contributed by atoms with E-state index in [-0.39, 0.29) is 0 Å². The van der Waals surface area contributed by atoms with Gasteiger partial charge in [0.15, 0.2) is 0 Å². The molecule has 0 radical (unpaired) electrons. The molecule has 0 unspecified atom stereocenters. The van der Waals surface area contributed by atoms with Gasteiger partial charge in [0, 0.05) is 0 Å². The minimum absolute atomic E-state index is 1.06. The van der Waals surface area contributed by atoms with Gasteiger partial charge in [-0.15, -0.1) is 0 Å². The first-order valence-electron chi connectivity index (χ1n) is 11.5. The fraction of sp³-hybridized carbons (Fsp3) is 0.125. The molecule has 0 N–H and O–H groups in total. The standard InChI is InChI=1S/C32H26/c1-4-22-19-26(9-8-21(22)3)28-15-11-24-12-16-29-27(25-7-5-6-20(2)18-25)14-10-23-13-17-30(28)32(24)31(23)29/h5-19H,4H2,1-3H3. The van der Waals surface area contributed by atoms with Gasteiger partial charge in [-0.25, -0.2) is 0 Å². The van der Waals surface area contributed by atoms with E-state index in [4.69, 9.17) is 0 Å². The van der Waals surface area contributed by atoms with E-state index in [0.717, 1.165) is 6.42 Å². The van der Waals surface area contributed by atoms with E-state index < -0.39 is 0 Å².